The average molecular weight is 351 g/mol. The van der Waals surface area contributed by atoms with Crippen molar-refractivity contribution in [1.82, 2.24) is 9.80 Å². The van der Waals surface area contributed by atoms with Gasteiger partial charge in [-0.15, -0.1) is 0 Å². The summed E-state index contributed by atoms with van der Waals surface area (Å²) in [4.78, 5) is 29.8. The van der Waals surface area contributed by atoms with Gasteiger partial charge in [0.1, 0.15) is 11.4 Å². The molecular formula is C18H20ClFN2O2. The lowest BCUT2D eigenvalue weighted by Gasteiger charge is -2.44. The van der Waals surface area contributed by atoms with Gasteiger partial charge in [-0.25, -0.2) is 4.39 Å². The zero-order valence-corrected chi connectivity index (χ0v) is 14.2. The Hall–Kier alpha value is -1.62. The summed E-state index contributed by atoms with van der Waals surface area (Å²) >= 11 is 6.11. The van der Waals surface area contributed by atoms with Crippen molar-refractivity contribution in [2.75, 3.05) is 13.1 Å². The van der Waals surface area contributed by atoms with E-state index in [0.29, 0.717) is 25.4 Å². The Morgan fingerprint density at radius 2 is 1.92 bits per heavy atom. The molecule has 3 fully saturated rings. The van der Waals surface area contributed by atoms with Crippen LogP contribution in [0.25, 0.3) is 0 Å². The maximum absolute atomic E-state index is 13.6. The quantitative estimate of drug-likeness (QED) is 0.821. The number of hydrogen-bond donors (Lipinski definition) is 0. The number of carbonyl (C=O) groups is 2. The maximum Gasteiger partial charge on any atom is 0.256 e. The van der Waals surface area contributed by atoms with Gasteiger partial charge in [0, 0.05) is 19.1 Å². The molecule has 1 atom stereocenters. The van der Waals surface area contributed by atoms with Crippen molar-refractivity contribution >= 4 is 23.4 Å². The van der Waals surface area contributed by atoms with Crippen LogP contribution in [0.2, 0.25) is 5.02 Å². The van der Waals surface area contributed by atoms with Gasteiger partial charge >= 0.3 is 0 Å². The zero-order chi connectivity index (χ0) is 16.9. The van der Waals surface area contributed by atoms with E-state index in [9.17, 15) is 14.0 Å². The molecule has 1 aromatic rings. The fourth-order valence-electron chi connectivity index (χ4n) is 4.22. The third kappa shape index (κ3) is 2.41. The Morgan fingerprint density at radius 1 is 1.21 bits per heavy atom. The molecule has 2 saturated heterocycles. The van der Waals surface area contributed by atoms with Crippen molar-refractivity contribution in [3.63, 3.8) is 0 Å². The van der Waals surface area contributed by atoms with E-state index in [1.165, 1.54) is 18.2 Å². The standard InChI is InChI=1S/C18H20ClFN2O2/c19-15-6-3-12(20)11-14(15)16(23)22-10-2-8-18(22)7-1-9-21(17(18)24)13-4-5-13/h3,6,11,13H,1-2,4-5,7-10H2. The highest BCUT2D eigenvalue weighted by atomic mass is 35.5. The number of nitrogens with zero attached hydrogens (tertiary/aromatic N) is 2. The first kappa shape index (κ1) is 15.9. The van der Waals surface area contributed by atoms with Gasteiger partial charge in [-0.05, 0) is 56.7 Å². The predicted octanol–water partition coefficient (Wildman–Crippen LogP) is 3.24. The van der Waals surface area contributed by atoms with Crippen LogP contribution < -0.4 is 0 Å². The molecule has 2 aliphatic heterocycles. The van der Waals surface area contributed by atoms with Gasteiger partial charge in [0.05, 0.1) is 10.6 Å². The first-order valence-corrected chi connectivity index (χ1v) is 8.99. The molecule has 0 radical (unpaired) electrons. The number of likely N-dealkylation sites (tertiary alicyclic amines) is 2. The second-order valence-corrected chi connectivity index (χ2v) is 7.46. The third-order valence-electron chi connectivity index (χ3n) is 5.53. The number of hydrogen-bond acceptors (Lipinski definition) is 2. The molecule has 4 rings (SSSR count). The summed E-state index contributed by atoms with van der Waals surface area (Å²) in [6, 6.07) is 4.15. The highest BCUT2D eigenvalue weighted by Gasteiger charge is 2.54. The highest BCUT2D eigenvalue weighted by Crippen LogP contribution is 2.42. The Morgan fingerprint density at radius 3 is 2.62 bits per heavy atom. The van der Waals surface area contributed by atoms with Crippen LogP contribution in [-0.2, 0) is 4.79 Å². The Labute approximate surface area is 145 Å². The van der Waals surface area contributed by atoms with Crippen molar-refractivity contribution in [2.24, 2.45) is 0 Å². The predicted molar refractivity (Wildman–Crippen MR) is 88.4 cm³/mol. The minimum Gasteiger partial charge on any atom is -0.338 e. The molecule has 24 heavy (non-hydrogen) atoms. The number of carbonyl (C=O) groups excluding carboxylic acids is 2. The molecule has 128 valence electrons. The van der Waals surface area contributed by atoms with Gasteiger partial charge in [0.25, 0.3) is 5.91 Å². The van der Waals surface area contributed by atoms with Gasteiger partial charge < -0.3 is 9.80 Å². The van der Waals surface area contributed by atoms with Crippen LogP contribution >= 0.6 is 11.6 Å². The van der Waals surface area contributed by atoms with Gasteiger partial charge in [-0.3, -0.25) is 9.59 Å². The SMILES string of the molecule is O=C(c1cc(F)ccc1Cl)N1CCCC12CCCN(C1CC1)C2=O. The van der Waals surface area contributed by atoms with Gasteiger partial charge in [0.15, 0.2) is 0 Å². The summed E-state index contributed by atoms with van der Waals surface area (Å²) in [7, 11) is 0. The smallest absolute Gasteiger partial charge is 0.256 e. The molecule has 4 nitrogen and oxygen atoms in total. The summed E-state index contributed by atoms with van der Waals surface area (Å²) in [5, 5.41) is 0.228. The van der Waals surface area contributed by atoms with E-state index in [4.69, 9.17) is 11.6 Å². The Bertz CT molecular complexity index is 706. The van der Waals surface area contributed by atoms with Gasteiger partial charge in [-0.2, -0.15) is 0 Å². The lowest BCUT2D eigenvalue weighted by Crippen LogP contribution is -2.61. The molecule has 0 N–H and O–H groups in total. The van der Waals surface area contributed by atoms with E-state index in [0.717, 1.165) is 32.2 Å². The topological polar surface area (TPSA) is 40.6 Å². The average Bonchev–Trinajstić information content (AvgIpc) is 3.32. The van der Waals surface area contributed by atoms with E-state index < -0.39 is 11.4 Å². The van der Waals surface area contributed by atoms with E-state index in [2.05, 4.69) is 0 Å². The molecule has 2 amide bonds. The summed E-state index contributed by atoms with van der Waals surface area (Å²) in [6.07, 6.45) is 5.20. The van der Waals surface area contributed by atoms with Crippen LogP contribution in [0.3, 0.4) is 0 Å². The molecule has 2 heterocycles. The van der Waals surface area contributed by atoms with Crippen LogP contribution in [0.5, 0.6) is 0 Å². The molecule has 0 bridgehead atoms. The zero-order valence-electron chi connectivity index (χ0n) is 13.4. The van der Waals surface area contributed by atoms with E-state index in [1.54, 1.807) is 4.90 Å². The van der Waals surface area contributed by atoms with E-state index in [-0.39, 0.29) is 22.4 Å². The first-order chi connectivity index (χ1) is 11.5. The molecule has 1 aromatic carbocycles. The molecule has 1 unspecified atom stereocenters. The molecular weight excluding hydrogens is 331 g/mol. The molecule has 1 spiro atoms. The summed E-state index contributed by atoms with van der Waals surface area (Å²) in [5.74, 6) is -0.747. The Balaban J connectivity index is 1.68. The van der Waals surface area contributed by atoms with Crippen LogP contribution in [0.1, 0.15) is 48.9 Å². The second kappa shape index (κ2) is 5.73. The van der Waals surface area contributed by atoms with Crippen molar-refractivity contribution in [2.45, 2.75) is 50.1 Å². The van der Waals surface area contributed by atoms with Gasteiger partial charge in [-0.1, -0.05) is 11.6 Å². The number of benzene rings is 1. The Kier molecular flexibility index (Phi) is 3.79. The number of rotatable bonds is 2. The lowest BCUT2D eigenvalue weighted by molar-refractivity contribution is -0.146. The largest absolute Gasteiger partial charge is 0.338 e. The van der Waals surface area contributed by atoms with Gasteiger partial charge in [0.2, 0.25) is 5.91 Å². The van der Waals surface area contributed by atoms with Crippen molar-refractivity contribution in [3.8, 4) is 0 Å². The molecule has 0 aromatic heterocycles. The van der Waals surface area contributed by atoms with Crippen molar-refractivity contribution in [3.05, 3.63) is 34.6 Å². The van der Waals surface area contributed by atoms with Crippen LogP contribution in [-0.4, -0.2) is 46.3 Å². The van der Waals surface area contributed by atoms with Crippen molar-refractivity contribution < 1.29 is 14.0 Å². The minimum atomic E-state index is -0.756. The molecule has 3 aliphatic rings. The summed E-state index contributed by atoms with van der Waals surface area (Å²) < 4.78 is 13.6. The lowest BCUT2D eigenvalue weighted by atomic mass is 9.85. The van der Waals surface area contributed by atoms with Crippen LogP contribution in [0, 0.1) is 5.82 Å². The normalized spacial score (nSPS) is 27.2. The number of amides is 2. The molecule has 1 aliphatic carbocycles. The maximum atomic E-state index is 13.6. The fourth-order valence-corrected chi connectivity index (χ4v) is 4.41. The summed E-state index contributed by atoms with van der Waals surface area (Å²) in [6.45, 7) is 1.31. The monoisotopic (exact) mass is 350 g/mol. The molecule has 1 saturated carbocycles. The van der Waals surface area contributed by atoms with E-state index >= 15 is 0 Å². The fraction of sp³-hybridized carbons (Fsp3) is 0.556. The highest BCUT2D eigenvalue weighted by molar-refractivity contribution is 6.33. The van der Waals surface area contributed by atoms with E-state index in [1.807, 2.05) is 4.90 Å². The molecule has 6 heteroatoms. The van der Waals surface area contributed by atoms with Crippen LogP contribution in [0.15, 0.2) is 18.2 Å². The number of piperidine rings is 1. The summed E-state index contributed by atoms with van der Waals surface area (Å²) in [5.41, 5.74) is -0.609. The third-order valence-corrected chi connectivity index (χ3v) is 5.86. The number of halogens is 2. The second-order valence-electron chi connectivity index (χ2n) is 7.05. The first-order valence-electron chi connectivity index (χ1n) is 8.61. The van der Waals surface area contributed by atoms with Crippen LogP contribution in [0.4, 0.5) is 4.39 Å². The minimum absolute atomic E-state index is 0.0784. The van der Waals surface area contributed by atoms with Crippen molar-refractivity contribution in [1.29, 1.82) is 0 Å².